The predicted octanol–water partition coefficient (Wildman–Crippen LogP) is 1.30. The highest BCUT2D eigenvalue weighted by Gasteiger charge is 2.09. The van der Waals surface area contributed by atoms with Crippen molar-refractivity contribution < 1.29 is 48.6 Å². The molecule has 31 heavy (non-hydrogen) atoms. The maximum atomic E-state index is 11.6. The van der Waals surface area contributed by atoms with Gasteiger partial charge in [-0.15, -0.1) is 0 Å². The summed E-state index contributed by atoms with van der Waals surface area (Å²) < 4.78 is 25.7. The van der Waals surface area contributed by atoms with E-state index in [2.05, 4.69) is 13.2 Å². The molecule has 0 spiro atoms. The molecule has 0 unspecified atom stereocenters. The van der Waals surface area contributed by atoms with E-state index in [9.17, 15) is 9.59 Å². The molecule has 0 aromatic carbocycles. The van der Waals surface area contributed by atoms with Crippen LogP contribution in [0.5, 0.6) is 0 Å². The number of carbonyl (C=O) groups is 2. The lowest BCUT2D eigenvalue weighted by atomic mass is 10.2. The van der Waals surface area contributed by atoms with Gasteiger partial charge in [-0.25, -0.2) is 9.59 Å². The van der Waals surface area contributed by atoms with Gasteiger partial charge < -0.3 is 39.0 Å². The van der Waals surface area contributed by atoms with Gasteiger partial charge in [-0.1, -0.05) is 13.0 Å². The number of carbonyl (C=O) groups excluding carboxylic acids is 1. The summed E-state index contributed by atoms with van der Waals surface area (Å²) in [6.07, 6.45) is 3.35. The summed E-state index contributed by atoms with van der Waals surface area (Å²) in [6, 6.07) is 0. The van der Waals surface area contributed by atoms with Crippen molar-refractivity contribution in [3.63, 3.8) is 0 Å². The SMILES string of the molecule is C=C(C)C(=O)O.C=C(OCCOCCOCCOCCO)C(=O)OCCCCCCO. The molecule has 0 fully saturated rings. The molecule has 0 bridgehead atoms. The molecule has 0 heterocycles. The van der Waals surface area contributed by atoms with E-state index < -0.39 is 11.9 Å². The first-order valence-electron chi connectivity index (χ1n) is 10.2. The number of carboxylic acid groups (broad SMARTS) is 1. The number of aliphatic hydroxyl groups is 2. The first-order chi connectivity index (χ1) is 14.9. The summed E-state index contributed by atoms with van der Waals surface area (Å²) in [5.41, 5.74) is 0.176. The van der Waals surface area contributed by atoms with Crippen LogP contribution in [0.25, 0.3) is 0 Å². The van der Waals surface area contributed by atoms with Crippen LogP contribution in [0, 0.1) is 0 Å². The first kappa shape index (κ1) is 31.2. The minimum absolute atomic E-state index is 0.00652. The smallest absolute Gasteiger partial charge is 0.372 e. The molecule has 3 N–H and O–H groups in total. The fourth-order valence-corrected chi connectivity index (χ4v) is 1.70. The van der Waals surface area contributed by atoms with E-state index in [1.807, 2.05) is 0 Å². The highest BCUT2D eigenvalue weighted by Crippen LogP contribution is 2.02. The Morgan fingerprint density at radius 1 is 0.677 bits per heavy atom. The van der Waals surface area contributed by atoms with Gasteiger partial charge >= 0.3 is 11.9 Å². The average Bonchev–Trinajstić information content (AvgIpc) is 2.74. The second kappa shape index (κ2) is 24.3. The minimum atomic E-state index is -0.935. The monoisotopic (exact) mass is 450 g/mol. The Balaban J connectivity index is 0. The Kier molecular flexibility index (Phi) is 24.5. The standard InChI is InChI=1S/C17H32O8.C4H6O2/c1-16(17(20)25-8-5-3-2-4-6-18)24-15-14-23-13-12-22-11-10-21-9-7-19;1-3(2)4(5)6/h18-19H,1-15H2;1H2,2H3,(H,5,6). The predicted molar refractivity (Wildman–Crippen MR) is 114 cm³/mol. The van der Waals surface area contributed by atoms with Crippen molar-refractivity contribution in [1.29, 1.82) is 0 Å². The molecule has 0 aliphatic carbocycles. The average molecular weight is 451 g/mol. The fraction of sp³-hybridized carbons (Fsp3) is 0.714. The second-order valence-corrected chi connectivity index (χ2v) is 6.19. The number of aliphatic hydroxyl groups excluding tert-OH is 2. The molecule has 0 rings (SSSR count). The molecule has 0 aromatic heterocycles. The third-order valence-corrected chi connectivity index (χ3v) is 3.36. The van der Waals surface area contributed by atoms with Crippen LogP contribution in [0.4, 0.5) is 0 Å². The number of esters is 1. The van der Waals surface area contributed by atoms with Crippen LogP contribution < -0.4 is 0 Å². The molecule has 0 saturated carbocycles. The van der Waals surface area contributed by atoms with Crippen LogP contribution in [-0.4, -0.2) is 93.3 Å². The van der Waals surface area contributed by atoms with Crippen molar-refractivity contribution in [3.05, 3.63) is 24.5 Å². The van der Waals surface area contributed by atoms with Gasteiger partial charge in [0.25, 0.3) is 0 Å². The lowest BCUT2D eigenvalue weighted by Crippen LogP contribution is -2.15. The van der Waals surface area contributed by atoms with E-state index in [0.29, 0.717) is 46.2 Å². The van der Waals surface area contributed by atoms with Gasteiger partial charge in [0.15, 0.2) is 5.76 Å². The van der Waals surface area contributed by atoms with E-state index in [-0.39, 0.29) is 31.2 Å². The largest absolute Gasteiger partial charge is 0.485 e. The molecule has 0 aliphatic rings. The topological polar surface area (TPSA) is 141 Å². The highest BCUT2D eigenvalue weighted by molar-refractivity contribution is 5.85. The molecule has 0 aliphatic heterocycles. The molecule has 0 atom stereocenters. The molecule has 0 aromatic rings. The normalized spacial score (nSPS) is 10.0. The molecule has 10 nitrogen and oxygen atoms in total. The number of ether oxygens (including phenoxy) is 5. The van der Waals surface area contributed by atoms with Crippen molar-refractivity contribution in [2.24, 2.45) is 0 Å². The summed E-state index contributed by atoms with van der Waals surface area (Å²) in [5, 5.41) is 25.0. The highest BCUT2D eigenvalue weighted by atomic mass is 16.6. The van der Waals surface area contributed by atoms with Crippen molar-refractivity contribution >= 4 is 11.9 Å². The van der Waals surface area contributed by atoms with Crippen LogP contribution in [-0.2, 0) is 33.3 Å². The van der Waals surface area contributed by atoms with Gasteiger partial charge in [-0.2, -0.15) is 0 Å². The number of hydrogen-bond donors (Lipinski definition) is 3. The van der Waals surface area contributed by atoms with Crippen LogP contribution in [0.1, 0.15) is 32.6 Å². The van der Waals surface area contributed by atoms with E-state index in [1.54, 1.807) is 0 Å². The Hall–Kier alpha value is -1.98. The Morgan fingerprint density at radius 3 is 1.65 bits per heavy atom. The van der Waals surface area contributed by atoms with Gasteiger partial charge in [0.1, 0.15) is 6.61 Å². The molecule has 0 amide bonds. The van der Waals surface area contributed by atoms with Crippen LogP contribution >= 0.6 is 0 Å². The van der Waals surface area contributed by atoms with E-state index in [4.69, 9.17) is 39.0 Å². The molecular weight excluding hydrogens is 412 g/mol. The van der Waals surface area contributed by atoms with E-state index in [0.717, 1.165) is 25.7 Å². The lowest BCUT2D eigenvalue weighted by Gasteiger charge is -2.10. The molecule has 182 valence electrons. The van der Waals surface area contributed by atoms with Gasteiger partial charge in [-0.3, -0.25) is 0 Å². The van der Waals surface area contributed by atoms with Crippen molar-refractivity contribution in [2.75, 3.05) is 66.1 Å². The van der Waals surface area contributed by atoms with Crippen LogP contribution in [0.3, 0.4) is 0 Å². The molecular formula is C21H38O10. The third-order valence-electron chi connectivity index (χ3n) is 3.36. The van der Waals surface area contributed by atoms with Gasteiger partial charge in [-0.05, 0) is 32.8 Å². The third kappa shape index (κ3) is 26.0. The zero-order valence-corrected chi connectivity index (χ0v) is 18.5. The van der Waals surface area contributed by atoms with Crippen molar-refractivity contribution in [3.8, 4) is 0 Å². The molecule has 0 radical (unpaired) electrons. The summed E-state index contributed by atoms with van der Waals surface area (Å²) in [4.78, 5) is 21.2. The minimum Gasteiger partial charge on any atom is -0.485 e. The van der Waals surface area contributed by atoms with E-state index in [1.165, 1.54) is 6.92 Å². The fourth-order valence-electron chi connectivity index (χ4n) is 1.70. The number of unbranched alkanes of at least 4 members (excludes halogenated alkanes) is 3. The summed E-state index contributed by atoms with van der Waals surface area (Å²) in [6.45, 7) is 11.2. The maximum absolute atomic E-state index is 11.6. The number of rotatable bonds is 20. The Bertz CT molecular complexity index is 467. The summed E-state index contributed by atoms with van der Waals surface area (Å²) in [7, 11) is 0. The number of aliphatic carboxylic acids is 1. The van der Waals surface area contributed by atoms with Gasteiger partial charge in [0.2, 0.25) is 0 Å². The summed E-state index contributed by atoms with van der Waals surface area (Å²) in [5.74, 6) is -1.53. The number of hydrogen-bond acceptors (Lipinski definition) is 9. The van der Waals surface area contributed by atoms with Gasteiger partial charge in [0, 0.05) is 12.2 Å². The maximum Gasteiger partial charge on any atom is 0.372 e. The zero-order valence-electron chi connectivity index (χ0n) is 18.5. The van der Waals surface area contributed by atoms with E-state index >= 15 is 0 Å². The number of carboxylic acids is 1. The molecule has 0 saturated heterocycles. The quantitative estimate of drug-likeness (QED) is 0.108. The Morgan fingerprint density at radius 2 is 1.16 bits per heavy atom. The zero-order chi connectivity index (χ0) is 23.7. The Labute approximate surface area is 184 Å². The van der Waals surface area contributed by atoms with Crippen molar-refractivity contribution in [2.45, 2.75) is 32.6 Å². The summed E-state index contributed by atoms with van der Waals surface area (Å²) >= 11 is 0. The van der Waals surface area contributed by atoms with Crippen LogP contribution in [0.15, 0.2) is 24.5 Å². The van der Waals surface area contributed by atoms with Crippen molar-refractivity contribution in [1.82, 2.24) is 0 Å². The molecule has 10 heteroatoms. The van der Waals surface area contributed by atoms with Gasteiger partial charge in [0.05, 0.1) is 52.9 Å². The van der Waals surface area contributed by atoms with Crippen LogP contribution in [0.2, 0.25) is 0 Å². The second-order valence-electron chi connectivity index (χ2n) is 6.19. The first-order valence-corrected chi connectivity index (χ1v) is 10.2. The lowest BCUT2D eigenvalue weighted by molar-refractivity contribution is -0.143.